The molecule has 2 aromatic carbocycles. The van der Waals surface area contributed by atoms with Gasteiger partial charge in [-0.15, -0.1) is 0 Å². The van der Waals surface area contributed by atoms with Crippen molar-refractivity contribution in [3.05, 3.63) is 47.5 Å². The number of anilines is 1. The maximum atomic E-state index is 12.4. The lowest BCUT2D eigenvalue weighted by Crippen LogP contribution is -2.29. The van der Waals surface area contributed by atoms with Gasteiger partial charge in [-0.1, -0.05) is 39.0 Å². The molecule has 146 valence electrons. The lowest BCUT2D eigenvalue weighted by Gasteiger charge is -2.23. The minimum absolute atomic E-state index is 0.0689. The number of carbonyl (C=O) groups is 1. The molecule has 2 aromatic rings. The van der Waals surface area contributed by atoms with Gasteiger partial charge in [0.1, 0.15) is 0 Å². The molecule has 0 fully saturated rings. The number of urea groups is 1. The number of nitrogens with one attached hydrogen (secondary N) is 2. The Morgan fingerprint density at radius 2 is 1.56 bits per heavy atom. The van der Waals surface area contributed by atoms with Crippen LogP contribution in [0.25, 0.3) is 0 Å². The Morgan fingerprint density at radius 1 is 0.963 bits per heavy atom. The summed E-state index contributed by atoms with van der Waals surface area (Å²) in [6, 6.07) is 11.1. The molecule has 2 amide bonds. The van der Waals surface area contributed by atoms with Crippen molar-refractivity contribution in [3.63, 3.8) is 0 Å². The highest BCUT2D eigenvalue weighted by molar-refractivity contribution is 5.90. The number of carbonyl (C=O) groups excluding carboxylic acids is 1. The monoisotopic (exact) mass is 372 g/mol. The molecule has 2 rings (SSSR count). The molecule has 0 aliphatic rings. The highest BCUT2D eigenvalue weighted by Crippen LogP contribution is 2.38. The fraction of sp³-hybridized carbons (Fsp3) is 0.381. The first-order valence-electron chi connectivity index (χ1n) is 8.73. The Morgan fingerprint density at radius 3 is 2.07 bits per heavy atom. The molecule has 0 atom stereocenters. The standard InChI is InChI=1S/C21H28N2O4/c1-21(2,3)15-9-7-8-10-16(15)23-20(24)22-13-14-11-17(25-4)19(27-6)18(12-14)26-5/h7-12H,13H2,1-6H3,(H2,22,23,24). The van der Waals surface area contributed by atoms with Gasteiger partial charge in [0.05, 0.1) is 21.3 Å². The molecule has 0 aliphatic carbocycles. The van der Waals surface area contributed by atoms with E-state index in [0.717, 1.165) is 16.8 Å². The number of benzene rings is 2. The van der Waals surface area contributed by atoms with Gasteiger partial charge in [0.2, 0.25) is 5.75 Å². The number of ether oxygens (including phenoxy) is 3. The highest BCUT2D eigenvalue weighted by atomic mass is 16.5. The van der Waals surface area contributed by atoms with Crippen molar-refractivity contribution >= 4 is 11.7 Å². The molecule has 0 heterocycles. The minimum Gasteiger partial charge on any atom is -0.493 e. The van der Waals surface area contributed by atoms with Crippen molar-refractivity contribution in [1.82, 2.24) is 5.32 Å². The molecule has 0 saturated heterocycles. The van der Waals surface area contributed by atoms with E-state index in [2.05, 4.69) is 31.4 Å². The number of methoxy groups -OCH3 is 3. The summed E-state index contributed by atoms with van der Waals surface area (Å²) in [6.07, 6.45) is 0. The Hall–Kier alpha value is -2.89. The molecule has 6 heteroatoms. The van der Waals surface area contributed by atoms with Crippen LogP contribution in [0.3, 0.4) is 0 Å². The van der Waals surface area contributed by atoms with E-state index in [4.69, 9.17) is 14.2 Å². The fourth-order valence-electron chi connectivity index (χ4n) is 2.83. The maximum Gasteiger partial charge on any atom is 0.319 e. The number of hydrogen-bond acceptors (Lipinski definition) is 4. The second-order valence-corrected chi connectivity index (χ2v) is 7.14. The van der Waals surface area contributed by atoms with Crippen LogP contribution in [0.5, 0.6) is 17.2 Å². The van der Waals surface area contributed by atoms with Crippen LogP contribution in [0.15, 0.2) is 36.4 Å². The zero-order chi connectivity index (χ0) is 20.0. The van der Waals surface area contributed by atoms with E-state index >= 15 is 0 Å². The molecule has 0 radical (unpaired) electrons. The second kappa shape index (κ2) is 8.66. The summed E-state index contributed by atoms with van der Waals surface area (Å²) in [4.78, 5) is 12.4. The molecule has 0 unspecified atom stereocenters. The van der Waals surface area contributed by atoms with Gasteiger partial charge in [-0.05, 0) is 34.7 Å². The van der Waals surface area contributed by atoms with E-state index < -0.39 is 0 Å². The number of rotatable bonds is 6. The van der Waals surface area contributed by atoms with Crippen LogP contribution in [0.4, 0.5) is 10.5 Å². The summed E-state index contributed by atoms with van der Waals surface area (Å²) in [7, 11) is 4.67. The molecular formula is C21H28N2O4. The molecule has 0 aromatic heterocycles. The van der Waals surface area contributed by atoms with Gasteiger partial charge in [-0.2, -0.15) is 0 Å². The van der Waals surface area contributed by atoms with Crippen molar-refractivity contribution in [1.29, 1.82) is 0 Å². The topological polar surface area (TPSA) is 68.8 Å². The van der Waals surface area contributed by atoms with Crippen LogP contribution in [0, 0.1) is 0 Å². The van der Waals surface area contributed by atoms with E-state index in [1.54, 1.807) is 21.3 Å². The highest BCUT2D eigenvalue weighted by Gasteiger charge is 2.19. The molecule has 6 nitrogen and oxygen atoms in total. The summed E-state index contributed by atoms with van der Waals surface area (Å²) in [6.45, 7) is 6.66. The summed E-state index contributed by atoms with van der Waals surface area (Å²) in [5, 5.41) is 5.79. The van der Waals surface area contributed by atoms with Crippen LogP contribution < -0.4 is 24.8 Å². The van der Waals surface area contributed by atoms with Crippen molar-refractivity contribution in [2.45, 2.75) is 32.7 Å². The normalized spacial score (nSPS) is 10.9. The largest absolute Gasteiger partial charge is 0.493 e. The van der Waals surface area contributed by atoms with Crippen molar-refractivity contribution < 1.29 is 19.0 Å². The van der Waals surface area contributed by atoms with Gasteiger partial charge in [-0.3, -0.25) is 0 Å². The first-order chi connectivity index (χ1) is 12.8. The van der Waals surface area contributed by atoms with Crippen LogP contribution in [-0.4, -0.2) is 27.4 Å². The van der Waals surface area contributed by atoms with Crippen LogP contribution in [0.2, 0.25) is 0 Å². The van der Waals surface area contributed by atoms with Crippen LogP contribution in [-0.2, 0) is 12.0 Å². The number of para-hydroxylation sites is 1. The molecule has 0 spiro atoms. The first-order valence-corrected chi connectivity index (χ1v) is 8.73. The van der Waals surface area contributed by atoms with E-state index in [0.29, 0.717) is 23.8 Å². The number of hydrogen-bond donors (Lipinski definition) is 2. The van der Waals surface area contributed by atoms with E-state index in [-0.39, 0.29) is 11.4 Å². The lowest BCUT2D eigenvalue weighted by molar-refractivity contribution is 0.251. The SMILES string of the molecule is COc1cc(CNC(=O)Nc2ccccc2C(C)(C)C)cc(OC)c1OC. The Labute approximate surface area is 160 Å². The first kappa shape index (κ1) is 20.4. The third-order valence-electron chi connectivity index (χ3n) is 4.16. The zero-order valence-electron chi connectivity index (χ0n) is 16.8. The summed E-state index contributed by atoms with van der Waals surface area (Å²) in [5.41, 5.74) is 2.64. The predicted octanol–water partition coefficient (Wildman–Crippen LogP) is 4.33. The van der Waals surface area contributed by atoms with Gasteiger partial charge < -0.3 is 24.8 Å². The lowest BCUT2D eigenvalue weighted by atomic mass is 9.86. The predicted molar refractivity (Wildman–Crippen MR) is 107 cm³/mol. The van der Waals surface area contributed by atoms with Crippen LogP contribution in [0.1, 0.15) is 31.9 Å². The van der Waals surface area contributed by atoms with E-state index in [1.807, 2.05) is 36.4 Å². The molecular weight excluding hydrogens is 344 g/mol. The average molecular weight is 372 g/mol. The number of amides is 2. The van der Waals surface area contributed by atoms with Gasteiger partial charge in [0.25, 0.3) is 0 Å². The fourth-order valence-corrected chi connectivity index (χ4v) is 2.83. The molecule has 27 heavy (non-hydrogen) atoms. The van der Waals surface area contributed by atoms with E-state index in [9.17, 15) is 4.79 Å². The van der Waals surface area contributed by atoms with Gasteiger partial charge in [0, 0.05) is 12.2 Å². The second-order valence-electron chi connectivity index (χ2n) is 7.14. The van der Waals surface area contributed by atoms with Crippen LogP contribution >= 0.6 is 0 Å². The molecule has 2 N–H and O–H groups in total. The quantitative estimate of drug-likeness (QED) is 0.792. The smallest absolute Gasteiger partial charge is 0.319 e. The Kier molecular flexibility index (Phi) is 6.55. The Bertz CT molecular complexity index is 772. The van der Waals surface area contributed by atoms with Crippen molar-refractivity contribution in [2.75, 3.05) is 26.6 Å². The third kappa shape index (κ3) is 5.06. The van der Waals surface area contributed by atoms with Gasteiger partial charge >= 0.3 is 6.03 Å². The van der Waals surface area contributed by atoms with Gasteiger partial charge in [0.15, 0.2) is 11.5 Å². The summed E-state index contributed by atoms with van der Waals surface area (Å²) >= 11 is 0. The van der Waals surface area contributed by atoms with Gasteiger partial charge in [-0.25, -0.2) is 4.79 Å². The average Bonchev–Trinajstić information content (AvgIpc) is 2.64. The zero-order valence-corrected chi connectivity index (χ0v) is 16.8. The molecule has 0 saturated carbocycles. The van der Waals surface area contributed by atoms with E-state index in [1.165, 1.54) is 0 Å². The molecule has 0 aliphatic heterocycles. The Balaban J connectivity index is 2.11. The summed E-state index contributed by atoms with van der Waals surface area (Å²) < 4.78 is 16.0. The molecule has 0 bridgehead atoms. The maximum absolute atomic E-state index is 12.4. The summed E-state index contributed by atoms with van der Waals surface area (Å²) in [5.74, 6) is 1.62. The van der Waals surface area contributed by atoms with Crippen molar-refractivity contribution in [3.8, 4) is 17.2 Å². The minimum atomic E-state index is -0.277. The third-order valence-corrected chi connectivity index (χ3v) is 4.16. The van der Waals surface area contributed by atoms with Crippen molar-refractivity contribution in [2.24, 2.45) is 0 Å².